The van der Waals surface area contributed by atoms with Crippen molar-refractivity contribution in [2.24, 2.45) is 0 Å². The minimum atomic E-state index is -3.23. The van der Waals surface area contributed by atoms with E-state index in [4.69, 9.17) is 0 Å². The average Bonchev–Trinajstić information content (AvgIpc) is 2.40. The van der Waals surface area contributed by atoms with Crippen molar-refractivity contribution in [3.8, 4) is 0 Å². The highest BCUT2D eigenvalue weighted by Crippen LogP contribution is 2.20. The first-order chi connectivity index (χ1) is 9.77. The molecule has 0 aromatic heterocycles. The number of halogens is 2. The van der Waals surface area contributed by atoms with Crippen LogP contribution in [0, 0.1) is 11.6 Å². The van der Waals surface area contributed by atoms with Crippen LogP contribution in [0.1, 0.15) is 18.4 Å². The minimum Gasteiger partial charge on any atom is -0.297 e. The highest BCUT2D eigenvalue weighted by molar-refractivity contribution is 7.88. The summed E-state index contributed by atoms with van der Waals surface area (Å²) in [6.07, 6.45) is 2.84. The van der Waals surface area contributed by atoms with Crippen LogP contribution >= 0.6 is 0 Å². The van der Waals surface area contributed by atoms with Gasteiger partial charge in [-0.25, -0.2) is 21.5 Å². The fourth-order valence-corrected chi connectivity index (χ4v) is 3.35. The number of sulfonamides is 1. The van der Waals surface area contributed by atoms with E-state index >= 15 is 0 Å². The van der Waals surface area contributed by atoms with Gasteiger partial charge in [0.05, 0.1) is 6.26 Å². The molecule has 21 heavy (non-hydrogen) atoms. The fraction of sp³-hybridized carbons (Fsp3) is 0.571. The van der Waals surface area contributed by atoms with E-state index < -0.39 is 21.7 Å². The van der Waals surface area contributed by atoms with Gasteiger partial charge in [0.1, 0.15) is 11.6 Å². The van der Waals surface area contributed by atoms with Crippen LogP contribution in [-0.2, 0) is 16.6 Å². The van der Waals surface area contributed by atoms with Crippen molar-refractivity contribution in [3.05, 3.63) is 35.4 Å². The molecule has 1 unspecified atom stereocenters. The van der Waals surface area contributed by atoms with E-state index in [1.807, 2.05) is 4.90 Å². The van der Waals surface area contributed by atoms with Crippen LogP contribution < -0.4 is 0 Å². The standard InChI is InChI=1S/C14H20F2N2O2S/c1-17(21(2,19)20)13-4-3-7-18(10-13)9-11-5-6-12(15)8-14(11)16/h5-6,8,13H,3-4,7,9-10H2,1-2H3. The zero-order chi connectivity index (χ0) is 15.6. The second-order valence-electron chi connectivity index (χ2n) is 5.55. The molecular formula is C14H20F2N2O2S. The molecule has 1 aliphatic rings. The summed E-state index contributed by atoms with van der Waals surface area (Å²) in [6, 6.07) is 3.45. The van der Waals surface area contributed by atoms with Gasteiger partial charge in [0, 0.05) is 37.8 Å². The molecule has 1 aromatic rings. The Kier molecular flexibility index (Phi) is 4.95. The number of nitrogens with zero attached hydrogens (tertiary/aromatic N) is 2. The Morgan fingerprint density at radius 2 is 2.10 bits per heavy atom. The van der Waals surface area contributed by atoms with Gasteiger partial charge in [-0.05, 0) is 25.5 Å². The largest absolute Gasteiger partial charge is 0.297 e. The van der Waals surface area contributed by atoms with Crippen LogP contribution in [-0.4, -0.2) is 50.1 Å². The van der Waals surface area contributed by atoms with Crippen LogP contribution in [0.15, 0.2) is 18.2 Å². The maximum Gasteiger partial charge on any atom is 0.211 e. The molecule has 1 atom stereocenters. The first kappa shape index (κ1) is 16.3. The average molecular weight is 318 g/mol. The summed E-state index contributed by atoms with van der Waals surface area (Å²) in [4.78, 5) is 2.01. The monoisotopic (exact) mass is 318 g/mol. The van der Waals surface area contributed by atoms with Crippen LogP contribution in [0.3, 0.4) is 0 Å². The second kappa shape index (κ2) is 6.37. The summed E-state index contributed by atoms with van der Waals surface area (Å²) in [5, 5.41) is 0. The van der Waals surface area contributed by atoms with Crippen LogP contribution in [0.25, 0.3) is 0 Å². The van der Waals surface area contributed by atoms with Gasteiger partial charge in [-0.1, -0.05) is 6.07 Å². The maximum atomic E-state index is 13.7. The Morgan fingerprint density at radius 1 is 1.38 bits per heavy atom. The molecule has 1 saturated heterocycles. The van der Waals surface area contributed by atoms with Crippen molar-refractivity contribution >= 4 is 10.0 Å². The molecule has 0 radical (unpaired) electrons. The molecule has 4 nitrogen and oxygen atoms in total. The van der Waals surface area contributed by atoms with E-state index in [-0.39, 0.29) is 6.04 Å². The summed E-state index contributed by atoms with van der Waals surface area (Å²) in [7, 11) is -1.66. The van der Waals surface area contributed by atoms with Gasteiger partial charge in [-0.3, -0.25) is 4.90 Å². The third-order valence-electron chi connectivity index (χ3n) is 3.93. The number of piperidine rings is 1. The van der Waals surface area contributed by atoms with E-state index in [0.29, 0.717) is 18.7 Å². The lowest BCUT2D eigenvalue weighted by Gasteiger charge is -2.36. The van der Waals surface area contributed by atoms with Crippen LogP contribution in [0.4, 0.5) is 8.78 Å². The predicted molar refractivity (Wildman–Crippen MR) is 77.3 cm³/mol. The number of hydrogen-bond donors (Lipinski definition) is 0. The van der Waals surface area contributed by atoms with E-state index in [9.17, 15) is 17.2 Å². The lowest BCUT2D eigenvalue weighted by Crippen LogP contribution is -2.47. The van der Waals surface area contributed by atoms with Gasteiger partial charge in [-0.2, -0.15) is 0 Å². The SMILES string of the molecule is CN(C1CCCN(Cc2ccc(F)cc2F)C1)S(C)(=O)=O. The van der Waals surface area contributed by atoms with Gasteiger partial charge in [0.15, 0.2) is 0 Å². The molecule has 1 aromatic carbocycles. The van der Waals surface area contributed by atoms with Gasteiger partial charge >= 0.3 is 0 Å². The van der Waals surface area contributed by atoms with Gasteiger partial charge < -0.3 is 0 Å². The first-order valence-electron chi connectivity index (χ1n) is 6.86. The molecule has 0 spiro atoms. The van der Waals surface area contributed by atoms with Crippen molar-refractivity contribution in [1.29, 1.82) is 0 Å². The molecule has 7 heteroatoms. The van der Waals surface area contributed by atoms with E-state index in [1.54, 1.807) is 7.05 Å². The molecule has 0 N–H and O–H groups in total. The summed E-state index contributed by atoms with van der Waals surface area (Å²) in [5.74, 6) is -1.15. The number of hydrogen-bond acceptors (Lipinski definition) is 3. The van der Waals surface area contributed by atoms with Crippen molar-refractivity contribution in [2.75, 3.05) is 26.4 Å². The quantitative estimate of drug-likeness (QED) is 0.850. The molecule has 1 fully saturated rings. The second-order valence-corrected chi connectivity index (χ2v) is 7.59. The fourth-order valence-electron chi connectivity index (χ4n) is 2.63. The minimum absolute atomic E-state index is 0.0998. The highest BCUT2D eigenvalue weighted by Gasteiger charge is 2.28. The summed E-state index contributed by atoms with van der Waals surface area (Å²) < 4.78 is 51.1. The zero-order valence-corrected chi connectivity index (χ0v) is 13.0. The normalized spacial score (nSPS) is 20.9. The Bertz CT molecular complexity index is 607. The smallest absolute Gasteiger partial charge is 0.211 e. The third kappa shape index (κ3) is 4.21. The first-order valence-corrected chi connectivity index (χ1v) is 8.71. The molecule has 1 aliphatic heterocycles. The molecule has 0 aliphatic carbocycles. The lowest BCUT2D eigenvalue weighted by atomic mass is 10.0. The molecule has 0 saturated carbocycles. The lowest BCUT2D eigenvalue weighted by molar-refractivity contribution is 0.152. The Labute approximate surface area is 124 Å². The number of benzene rings is 1. The van der Waals surface area contributed by atoms with Crippen molar-refractivity contribution in [3.63, 3.8) is 0 Å². The van der Waals surface area contributed by atoms with Crippen LogP contribution in [0.2, 0.25) is 0 Å². The molecular weight excluding hydrogens is 298 g/mol. The summed E-state index contributed by atoms with van der Waals surface area (Å²) in [5.41, 5.74) is 0.430. The molecule has 0 bridgehead atoms. The Hall–Kier alpha value is -1.05. The molecule has 2 rings (SSSR count). The highest BCUT2D eigenvalue weighted by atomic mass is 32.2. The molecule has 1 heterocycles. The van der Waals surface area contributed by atoms with Gasteiger partial charge in [0.25, 0.3) is 0 Å². The van der Waals surface area contributed by atoms with Crippen LogP contribution in [0.5, 0.6) is 0 Å². The summed E-state index contributed by atoms with van der Waals surface area (Å²) in [6.45, 7) is 1.70. The van der Waals surface area contributed by atoms with E-state index in [0.717, 1.165) is 25.5 Å². The Balaban J connectivity index is 2.04. The topological polar surface area (TPSA) is 40.6 Å². The number of likely N-dealkylation sites (N-methyl/N-ethyl adjacent to an activating group) is 1. The van der Waals surface area contributed by atoms with Crippen molar-refractivity contribution in [2.45, 2.75) is 25.4 Å². The third-order valence-corrected chi connectivity index (χ3v) is 5.27. The molecule has 118 valence electrons. The molecule has 0 amide bonds. The maximum absolute atomic E-state index is 13.7. The number of rotatable bonds is 4. The van der Waals surface area contributed by atoms with Crippen molar-refractivity contribution < 1.29 is 17.2 Å². The predicted octanol–water partition coefficient (Wildman–Crippen LogP) is 1.82. The Morgan fingerprint density at radius 3 is 2.71 bits per heavy atom. The van der Waals surface area contributed by atoms with E-state index in [2.05, 4.69) is 0 Å². The summed E-state index contributed by atoms with van der Waals surface area (Å²) >= 11 is 0. The number of likely N-dealkylation sites (tertiary alicyclic amines) is 1. The van der Waals surface area contributed by atoms with Gasteiger partial charge in [-0.15, -0.1) is 0 Å². The van der Waals surface area contributed by atoms with Crippen molar-refractivity contribution in [1.82, 2.24) is 9.21 Å². The van der Waals surface area contributed by atoms with E-state index in [1.165, 1.54) is 22.7 Å². The van der Waals surface area contributed by atoms with Gasteiger partial charge in [0.2, 0.25) is 10.0 Å². The zero-order valence-electron chi connectivity index (χ0n) is 12.2.